The lowest BCUT2D eigenvalue weighted by Crippen LogP contribution is -2.08. The van der Waals surface area contributed by atoms with Gasteiger partial charge in [0.05, 0.1) is 11.5 Å². The number of nitro groups is 1. The Morgan fingerprint density at radius 1 is 1.56 bits per heavy atom. The van der Waals surface area contributed by atoms with Crippen LogP contribution in [0.4, 0.5) is 11.4 Å². The topological polar surface area (TPSA) is 81.5 Å². The fraction of sp³-hybridized carbons (Fsp3) is 0.364. The number of nitro benzene ring substituents is 1. The number of anilines is 1. The van der Waals surface area contributed by atoms with E-state index < -0.39 is 4.92 Å². The summed E-state index contributed by atoms with van der Waals surface area (Å²) in [4.78, 5) is 22.1. The fourth-order valence-corrected chi connectivity index (χ4v) is 2.14. The van der Waals surface area contributed by atoms with E-state index in [2.05, 4.69) is 5.32 Å². The lowest BCUT2D eigenvalue weighted by Gasteiger charge is -2.06. The number of hydrogen-bond donors (Lipinski definition) is 1. The third kappa shape index (κ3) is 4.34. The van der Waals surface area contributed by atoms with Gasteiger partial charge in [-0.3, -0.25) is 14.9 Å². The van der Waals surface area contributed by atoms with Crippen molar-refractivity contribution >= 4 is 29.0 Å². The predicted molar refractivity (Wildman–Crippen MR) is 70.0 cm³/mol. The first-order valence-electron chi connectivity index (χ1n) is 5.22. The summed E-state index contributed by atoms with van der Waals surface area (Å²) in [5, 5.41) is 13.3. The monoisotopic (exact) mass is 270 g/mol. The van der Waals surface area contributed by atoms with Crippen LogP contribution in [0.5, 0.6) is 0 Å². The molecule has 0 bridgehead atoms. The third-order valence-corrected chi connectivity index (χ3v) is 2.99. The minimum Gasteiger partial charge on any atom is -0.384 e. The largest absolute Gasteiger partial charge is 0.384 e. The number of amides is 1. The molecule has 0 atom stereocenters. The number of nitrogens with one attached hydrogen (secondary N) is 1. The van der Waals surface area contributed by atoms with Gasteiger partial charge < -0.3 is 10.1 Å². The van der Waals surface area contributed by atoms with Crippen molar-refractivity contribution in [3.63, 3.8) is 0 Å². The second-order valence-electron chi connectivity index (χ2n) is 3.46. The van der Waals surface area contributed by atoms with E-state index in [-0.39, 0.29) is 17.3 Å². The van der Waals surface area contributed by atoms with Crippen LogP contribution in [0.2, 0.25) is 0 Å². The highest BCUT2D eigenvalue weighted by Crippen LogP contribution is 2.30. The molecule has 0 radical (unpaired) electrons. The summed E-state index contributed by atoms with van der Waals surface area (Å²) >= 11 is 1.46. The first kappa shape index (κ1) is 14.5. The standard InChI is InChI=1S/C11H14N2O4S/c1-8(14)12-10-4-3-9(18-6-5-17-2)7-11(10)13(15)16/h3-4,7H,5-6H2,1-2H3,(H,12,14). The molecule has 0 aliphatic carbocycles. The Hall–Kier alpha value is -1.60. The number of hydrogen-bond acceptors (Lipinski definition) is 5. The van der Waals surface area contributed by atoms with Crippen molar-refractivity contribution < 1.29 is 14.5 Å². The van der Waals surface area contributed by atoms with Gasteiger partial charge in [-0.25, -0.2) is 0 Å². The van der Waals surface area contributed by atoms with Crippen LogP contribution < -0.4 is 5.32 Å². The molecule has 0 aromatic heterocycles. The zero-order valence-corrected chi connectivity index (χ0v) is 11.0. The Labute approximate surface area is 109 Å². The van der Waals surface area contributed by atoms with Crippen molar-refractivity contribution in [1.82, 2.24) is 0 Å². The fourth-order valence-electron chi connectivity index (χ4n) is 1.29. The van der Waals surface area contributed by atoms with E-state index in [0.717, 1.165) is 4.90 Å². The summed E-state index contributed by atoms with van der Waals surface area (Å²) < 4.78 is 4.91. The Morgan fingerprint density at radius 3 is 2.83 bits per heavy atom. The van der Waals surface area contributed by atoms with Crippen LogP contribution in [0.3, 0.4) is 0 Å². The van der Waals surface area contributed by atoms with Gasteiger partial charge in [0.2, 0.25) is 5.91 Å². The van der Waals surface area contributed by atoms with E-state index in [9.17, 15) is 14.9 Å². The van der Waals surface area contributed by atoms with E-state index in [1.165, 1.54) is 30.8 Å². The molecular weight excluding hydrogens is 256 g/mol. The van der Waals surface area contributed by atoms with Gasteiger partial charge in [0.25, 0.3) is 5.69 Å². The predicted octanol–water partition coefficient (Wildman–Crippen LogP) is 2.29. The molecule has 0 unspecified atom stereocenters. The molecule has 0 spiro atoms. The molecule has 0 aliphatic rings. The molecule has 7 heteroatoms. The lowest BCUT2D eigenvalue weighted by atomic mass is 10.2. The molecule has 0 aliphatic heterocycles. The van der Waals surface area contributed by atoms with Gasteiger partial charge in [-0.2, -0.15) is 0 Å². The van der Waals surface area contributed by atoms with Crippen molar-refractivity contribution in [2.75, 3.05) is 24.8 Å². The molecule has 1 aromatic carbocycles. The number of carbonyl (C=O) groups excluding carboxylic acids is 1. The zero-order chi connectivity index (χ0) is 13.5. The normalized spacial score (nSPS) is 10.1. The van der Waals surface area contributed by atoms with Gasteiger partial charge in [-0.1, -0.05) is 0 Å². The van der Waals surface area contributed by atoms with Crippen LogP contribution in [-0.4, -0.2) is 30.3 Å². The number of methoxy groups -OCH3 is 1. The number of ether oxygens (including phenoxy) is 1. The van der Waals surface area contributed by atoms with Crippen molar-refractivity contribution in [3.8, 4) is 0 Å². The zero-order valence-electron chi connectivity index (χ0n) is 10.1. The smallest absolute Gasteiger partial charge is 0.293 e. The quantitative estimate of drug-likeness (QED) is 0.371. The summed E-state index contributed by atoms with van der Waals surface area (Å²) in [5.41, 5.74) is 0.108. The molecule has 0 saturated carbocycles. The molecule has 1 aromatic rings. The Balaban J connectivity index is 2.89. The second kappa shape index (κ2) is 6.97. The summed E-state index contributed by atoms with van der Waals surface area (Å²) in [6, 6.07) is 4.72. The van der Waals surface area contributed by atoms with Crippen molar-refractivity contribution in [1.29, 1.82) is 0 Å². The van der Waals surface area contributed by atoms with E-state index in [1.807, 2.05) is 0 Å². The van der Waals surface area contributed by atoms with Crippen LogP contribution in [-0.2, 0) is 9.53 Å². The number of nitrogens with zero attached hydrogens (tertiary/aromatic N) is 1. The van der Waals surface area contributed by atoms with Gasteiger partial charge in [0.15, 0.2) is 0 Å². The second-order valence-corrected chi connectivity index (χ2v) is 4.63. The average molecular weight is 270 g/mol. The van der Waals surface area contributed by atoms with Gasteiger partial charge >= 0.3 is 0 Å². The molecule has 6 nitrogen and oxygen atoms in total. The van der Waals surface area contributed by atoms with E-state index in [0.29, 0.717) is 12.4 Å². The van der Waals surface area contributed by atoms with Gasteiger partial charge in [-0.05, 0) is 12.1 Å². The van der Waals surface area contributed by atoms with Crippen molar-refractivity contribution in [3.05, 3.63) is 28.3 Å². The Morgan fingerprint density at radius 2 is 2.28 bits per heavy atom. The maximum Gasteiger partial charge on any atom is 0.293 e. The van der Waals surface area contributed by atoms with Crippen molar-refractivity contribution in [2.45, 2.75) is 11.8 Å². The van der Waals surface area contributed by atoms with Crippen LogP contribution in [0.25, 0.3) is 0 Å². The van der Waals surface area contributed by atoms with E-state index in [1.54, 1.807) is 13.2 Å². The summed E-state index contributed by atoms with van der Waals surface area (Å²) in [7, 11) is 1.60. The van der Waals surface area contributed by atoms with E-state index in [4.69, 9.17) is 4.74 Å². The minimum absolute atomic E-state index is 0.104. The highest BCUT2D eigenvalue weighted by molar-refractivity contribution is 7.99. The Kier molecular flexibility index (Phi) is 5.60. The first-order chi connectivity index (χ1) is 8.54. The molecule has 0 saturated heterocycles. The van der Waals surface area contributed by atoms with Gasteiger partial charge in [0.1, 0.15) is 5.69 Å². The summed E-state index contributed by atoms with van der Waals surface area (Å²) in [5.74, 6) is 0.380. The molecule has 0 heterocycles. The number of thioether (sulfide) groups is 1. The summed E-state index contributed by atoms with van der Waals surface area (Å²) in [6.07, 6.45) is 0. The molecular formula is C11H14N2O4S. The molecule has 98 valence electrons. The lowest BCUT2D eigenvalue weighted by molar-refractivity contribution is -0.384. The number of benzene rings is 1. The highest BCUT2D eigenvalue weighted by atomic mass is 32.2. The van der Waals surface area contributed by atoms with Crippen molar-refractivity contribution in [2.24, 2.45) is 0 Å². The Bertz CT molecular complexity index is 451. The van der Waals surface area contributed by atoms with Gasteiger partial charge in [-0.15, -0.1) is 11.8 Å². The maximum absolute atomic E-state index is 10.9. The average Bonchev–Trinajstić information content (AvgIpc) is 2.30. The van der Waals surface area contributed by atoms with Crippen LogP contribution in [0.15, 0.2) is 23.1 Å². The van der Waals surface area contributed by atoms with Gasteiger partial charge in [0, 0.05) is 30.7 Å². The maximum atomic E-state index is 10.9. The first-order valence-corrected chi connectivity index (χ1v) is 6.21. The molecule has 1 N–H and O–H groups in total. The number of rotatable bonds is 6. The van der Waals surface area contributed by atoms with Crippen LogP contribution in [0.1, 0.15) is 6.92 Å². The molecule has 1 amide bonds. The molecule has 1 rings (SSSR count). The third-order valence-electron chi connectivity index (χ3n) is 2.03. The molecule has 0 fully saturated rings. The van der Waals surface area contributed by atoms with Crippen LogP contribution >= 0.6 is 11.8 Å². The molecule has 18 heavy (non-hydrogen) atoms. The highest BCUT2D eigenvalue weighted by Gasteiger charge is 2.15. The number of carbonyl (C=O) groups is 1. The minimum atomic E-state index is -0.508. The summed E-state index contributed by atoms with van der Waals surface area (Å²) in [6.45, 7) is 1.89. The van der Waals surface area contributed by atoms with E-state index >= 15 is 0 Å². The SMILES string of the molecule is COCCSc1ccc(NC(C)=O)c([N+](=O)[O-])c1. The van der Waals surface area contributed by atoms with Crippen LogP contribution in [0, 0.1) is 10.1 Å².